The van der Waals surface area contributed by atoms with E-state index in [1.165, 1.54) is 12.8 Å². The molecule has 3 heteroatoms. The van der Waals surface area contributed by atoms with Crippen LogP contribution in [0.3, 0.4) is 0 Å². The molecule has 1 heterocycles. The van der Waals surface area contributed by atoms with Crippen molar-refractivity contribution in [3.63, 3.8) is 0 Å². The zero-order valence-electron chi connectivity index (χ0n) is 12.0. The first-order valence-electron chi connectivity index (χ1n) is 7.32. The molecule has 0 bridgehead atoms. The van der Waals surface area contributed by atoms with E-state index >= 15 is 0 Å². The second kappa shape index (κ2) is 6.92. The van der Waals surface area contributed by atoms with Gasteiger partial charge in [-0.15, -0.1) is 0 Å². The van der Waals surface area contributed by atoms with Crippen LogP contribution in [0.25, 0.3) is 0 Å². The van der Waals surface area contributed by atoms with Crippen molar-refractivity contribution in [2.24, 2.45) is 5.92 Å². The Hall–Kier alpha value is -1.06. The van der Waals surface area contributed by atoms with Crippen molar-refractivity contribution in [3.8, 4) is 5.75 Å². The van der Waals surface area contributed by atoms with Crippen LogP contribution < -0.4 is 4.74 Å². The quantitative estimate of drug-likeness (QED) is 0.886. The maximum atomic E-state index is 10.3. The number of aliphatic hydroxyl groups excluding tert-OH is 1. The molecule has 1 aromatic carbocycles. The number of hydrogen-bond acceptors (Lipinski definition) is 3. The standard InChI is InChI=1S/C16H25NO2/c1-3-19-15-8-6-14(7-9-15)16(18)12-17-10-4-5-13(2)11-17/h6-9,13,16,18H,3-5,10-12H2,1-2H3. The van der Waals surface area contributed by atoms with Crippen LogP contribution in [0, 0.1) is 5.92 Å². The van der Waals surface area contributed by atoms with Gasteiger partial charge in [0, 0.05) is 13.1 Å². The Kier molecular flexibility index (Phi) is 5.23. The maximum absolute atomic E-state index is 10.3. The van der Waals surface area contributed by atoms with Gasteiger partial charge in [0.1, 0.15) is 5.75 Å². The van der Waals surface area contributed by atoms with Gasteiger partial charge in [-0.05, 0) is 49.9 Å². The number of nitrogens with zero attached hydrogens (tertiary/aromatic N) is 1. The third-order valence-electron chi connectivity index (χ3n) is 3.75. The van der Waals surface area contributed by atoms with E-state index in [0.29, 0.717) is 6.61 Å². The number of piperidine rings is 1. The summed E-state index contributed by atoms with van der Waals surface area (Å²) in [6.07, 6.45) is 2.16. The fourth-order valence-electron chi connectivity index (χ4n) is 2.76. The largest absolute Gasteiger partial charge is 0.494 e. The highest BCUT2D eigenvalue weighted by Crippen LogP contribution is 2.21. The van der Waals surface area contributed by atoms with E-state index in [1.807, 2.05) is 31.2 Å². The van der Waals surface area contributed by atoms with Crippen LogP contribution in [0.1, 0.15) is 38.4 Å². The maximum Gasteiger partial charge on any atom is 0.119 e. The van der Waals surface area contributed by atoms with Gasteiger partial charge in [-0.1, -0.05) is 19.1 Å². The second-order valence-corrected chi connectivity index (χ2v) is 5.52. The first-order chi connectivity index (χ1) is 9.19. The summed E-state index contributed by atoms with van der Waals surface area (Å²) in [5, 5.41) is 10.3. The number of rotatable bonds is 5. The minimum Gasteiger partial charge on any atom is -0.494 e. The number of benzene rings is 1. The summed E-state index contributed by atoms with van der Waals surface area (Å²) in [5.41, 5.74) is 0.974. The highest BCUT2D eigenvalue weighted by atomic mass is 16.5. The molecule has 106 valence electrons. The van der Waals surface area contributed by atoms with Crippen molar-refractivity contribution in [1.82, 2.24) is 4.90 Å². The summed E-state index contributed by atoms with van der Waals surface area (Å²) in [4.78, 5) is 2.37. The lowest BCUT2D eigenvalue weighted by atomic mass is 9.99. The molecule has 1 saturated heterocycles. The van der Waals surface area contributed by atoms with Gasteiger partial charge in [-0.25, -0.2) is 0 Å². The van der Waals surface area contributed by atoms with Crippen LogP contribution in [0.2, 0.25) is 0 Å². The van der Waals surface area contributed by atoms with Crippen molar-refractivity contribution in [3.05, 3.63) is 29.8 Å². The lowest BCUT2D eigenvalue weighted by Gasteiger charge is -2.32. The molecule has 0 saturated carbocycles. The zero-order valence-corrected chi connectivity index (χ0v) is 12.0. The summed E-state index contributed by atoms with van der Waals surface area (Å²) in [5.74, 6) is 1.62. The van der Waals surface area contributed by atoms with Crippen LogP contribution in [0.4, 0.5) is 0 Å². The highest BCUT2D eigenvalue weighted by Gasteiger charge is 2.19. The fraction of sp³-hybridized carbons (Fsp3) is 0.625. The van der Waals surface area contributed by atoms with Crippen LogP contribution in [0.5, 0.6) is 5.75 Å². The molecular formula is C16H25NO2. The molecule has 1 aliphatic heterocycles. The molecular weight excluding hydrogens is 238 g/mol. The molecule has 0 amide bonds. The average molecular weight is 263 g/mol. The Morgan fingerprint density at radius 2 is 2.11 bits per heavy atom. The Balaban J connectivity index is 1.89. The minimum absolute atomic E-state index is 0.402. The molecule has 3 nitrogen and oxygen atoms in total. The number of likely N-dealkylation sites (tertiary alicyclic amines) is 1. The van der Waals surface area contributed by atoms with Crippen molar-refractivity contribution in [2.45, 2.75) is 32.8 Å². The van der Waals surface area contributed by atoms with Crippen LogP contribution in [-0.4, -0.2) is 36.2 Å². The van der Waals surface area contributed by atoms with Gasteiger partial charge in [0.15, 0.2) is 0 Å². The second-order valence-electron chi connectivity index (χ2n) is 5.52. The summed E-state index contributed by atoms with van der Waals surface area (Å²) < 4.78 is 5.41. The van der Waals surface area contributed by atoms with Crippen molar-refractivity contribution >= 4 is 0 Å². The molecule has 2 rings (SSSR count). The molecule has 0 aliphatic carbocycles. The van der Waals surface area contributed by atoms with E-state index in [-0.39, 0.29) is 0 Å². The predicted molar refractivity (Wildman–Crippen MR) is 77.4 cm³/mol. The summed E-state index contributed by atoms with van der Waals surface area (Å²) >= 11 is 0. The van der Waals surface area contributed by atoms with Crippen LogP contribution in [-0.2, 0) is 0 Å². The van der Waals surface area contributed by atoms with Crippen molar-refractivity contribution < 1.29 is 9.84 Å². The number of aliphatic hydroxyl groups is 1. The molecule has 2 unspecified atom stereocenters. The van der Waals surface area contributed by atoms with Crippen LogP contribution >= 0.6 is 0 Å². The molecule has 1 aliphatic rings. The smallest absolute Gasteiger partial charge is 0.119 e. The third-order valence-corrected chi connectivity index (χ3v) is 3.75. The Morgan fingerprint density at radius 3 is 2.74 bits per heavy atom. The third kappa shape index (κ3) is 4.22. The summed E-state index contributed by atoms with van der Waals surface area (Å²) in [6, 6.07) is 7.79. The predicted octanol–water partition coefficient (Wildman–Crippen LogP) is 2.85. The Morgan fingerprint density at radius 1 is 1.37 bits per heavy atom. The fourth-order valence-corrected chi connectivity index (χ4v) is 2.76. The first kappa shape index (κ1) is 14.4. The molecule has 19 heavy (non-hydrogen) atoms. The molecule has 2 atom stereocenters. The lowest BCUT2D eigenvalue weighted by molar-refractivity contribution is 0.0875. The van der Waals surface area contributed by atoms with Crippen molar-refractivity contribution in [1.29, 1.82) is 0 Å². The number of ether oxygens (including phenoxy) is 1. The van der Waals surface area contributed by atoms with Gasteiger partial charge in [-0.3, -0.25) is 0 Å². The monoisotopic (exact) mass is 263 g/mol. The zero-order chi connectivity index (χ0) is 13.7. The number of hydrogen-bond donors (Lipinski definition) is 1. The van der Waals surface area contributed by atoms with E-state index < -0.39 is 6.10 Å². The average Bonchev–Trinajstić information content (AvgIpc) is 2.40. The molecule has 1 fully saturated rings. The van der Waals surface area contributed by atoms with Gasteiger partial charge < -0.3 is 14.7 Å². The van der Waals surface area contributed by atoms with Gasteiger partial charge in [0.2, 0.25) is 0 Å². The van der Waals surface area contributed by atoms with E-state index in [1.54, 1.807) is 0 Å². The highest BCUT2D eigenvalue weighted by molar-refractivity contribution is 5.28. The SMILES string of the molecule is CCOc1ccc(C(O)CN2CCCC(C)C2)cc1. The van der Waals surface area contributed by atoms with E-state index in [9.17, 15) is 5.11 Å². The molecule has 1 aromatic rings. The molecule has 0 spiro atoms. The lowest BCUT2D eigenvalue weighted by Crippen LogP contribution is -2.37. The number of β-amino-alcohol motifs (C(OH)–C–C–N with tert-alkyl or cyclic N) is 1. The normalized spacial score (nSPS) is 22.2. The Labute approximate surface area is 116 Å². The van der Waals surface area contributed by atoms with E-state index in [4.69, 9.17) is 4.74 Å². The van der Waals surface area contributed by atoms with Crippen molar-refractivity contribution in [2.75, 3.05) is 26.2 Å². The summed E-state index contributed by atoms with van der Waals surface area (Å²) in [7, 11) is 0. The van der Waals surface area contributed by atoms with Gasteiger partial charge >= 0.3 is 0 Å². The first-order valence-corrected chi connectivity index (χ1v) is 7.32. The van der Waals surface area contributed by atoms with Crippen LogP contribution in [0.15, 0.2) is 24.3 Å². The van der Waals surface area contributed by atoms with E-state index in [2.05, 4.69) is 11.8 Å². The Bertz CT molecular complexity index is 377. The van der Waals surface area contributed by atoms with E-state index in [0.717, 1.165) is 36.9 Å². The molecule has 0 aromatic heterocycles. The molecule has 1 N–H and O–H groups in total. The topological polar surface area (TPSA) is 32.7 Å². The minimum atomic E-state index is -0.402. The van der Waals surface area contributed by atoms with Gasteiger partial charge in [0.05, 0.1) is 12.7 Å². The van der Waals surface area contributed by atoms with Gasteiger partial charge in [0.25, 0.3) is 0 Å². The molecule has 0 radical (unpaired) electrons. The summed E-state index contributed by atoms with van der Waals surface area (Å²) in [6.45, 7) is 7.88. The van der Waals surface area contributed by atoms with Gasteiger partial charge in [-0.2, -0.15) is 0 Å².